The molecule has 1 aromatic carbocycles. The van der Waals surface area contributed by atoms with Crippen molar-refractivity contribution in [2.24, 2.45) is 0 Å². The summed E-state index contributed by atoms with van der Waals surface area (Å²) >= 11 is 5.10. The standard InChI is InChI=1S/C12H12BrNS/c1-3-9-4-6-10(7-5-9)11-8(2)15-12(13)14-11/h4-7H,3H2,1-2H3. The highest BCUT2D eigenvalue weighted by Gasteiger charge is 2.07. The van der Waals surface area contributed by atoms with Crippen LogP contribution in [0.4, 0.5) is 0 Å². The van der Waals surface area contributed by atoms with Gasteiger partial charge in [-0.1, -0.05) is 31.2 Å². The molecule has 0 aliphatic heterocycles. The smallest absolute Gasteiger partial charge is 0.160 e. The van der Waals surface area contributed by atoms with E-state index in [1.807, 2.05) is 0 Å². The zero-order chi connectivity index (χ0) is 10.8. The van der Waals surface area contributed by atoms with Crippen molar-refractivity contribution >= 4 is 27.3 Å². The normalized spacial score (nSPS) is 10.6. The molecule has 1 aromatic heterocycles. The molecule has 2 rings (SSSR count). The fourth-order valence-electron chi connectivity index (χ4n) is 1.53. The van der Waals surface area contributed by atoms with Gasteiger partial charge in [-0.3, -0.25) is 0 Å². The summed E-state index contributed by atoms with van der Waals surface area (Å²) in [5.41, 5.74) is 3.66. The molecule has 0 saturated carbocycles. The molecule has 0 spiro atoms. The Balaban J connectivity index is 2.41. The van der Waals surface area contributed by atoms with Crippen LogP contribution in [0.1, 0.15) is 17.4 Å². The summed E-state index contributed by atoms with van der Waals surface area (Å²) in [4.78, 5) is 5.73. The van der Waals surface area contributed by atoms with Gasteiger partial charge in [0.1, 0.15) is 0 Å². The predicted octanol–water partition coefficient (Wildman–Crippen LogP) is 4.44. The van der Waals surface area contributed by atoms with Gasteiger partial charge in [0.05, 0.1) is 5.69 Å². The molecule has 0 saturated heterocycles. The molecule has 78 valence electrons. The first-order valence-electron chi connectivity index (χ1n) is 4.93. The first-order chi connectivity index (χ1) is 7.20. The lowest BCUT2D eigenvalue weighted by atomic mass is 10.1. The fraction of sp³-hybridized carbons (Fsp3) is 0.250. The third-order valence-electron chi connectivity index (χ3n) is 2.41. The Kier molecular flexibility index (Phi) is 3.22. The summed E-state index contributed by atoms with van der Waals surface area (Å²) in [5, 5.41) is 0. The Hall–Kier alpha value is -0.670. The molecule has 0 N–H and O–H groups in total. The summed E-state index contributed by atoms with van der Waals surface area (Å²) in [5.74, 6) is 0. The third kappa shape index (κ3) is 2.29. The largest absolute Gasteiger partial charge is 0.229 e. The van der Waals surface area contributed by atoms with Crippen molar-refractivity contribution in [3.05, 3.63) is 38.6 Å². The number of hydrogen-bond acceptors (Lipinski definition) is 2. The lowest BCUT2D eigenvalue weighted by Gasteiger charge is -2.00. The van der Waals surface area contributed by atoms with Gasteiger partial charge in [0, 0.05) is 10.4 Å². The van der Waals surface area contributed by atoms with Gasteiger partial charge in [-0.2, -0.15) is 0 Å². The van der Waals surface area contributed by atoms with E-state index in [4.69, 9.17) is 0 Å². The van der Waals surface area contributed by atoms with E-state index in [1.165, 1.54) is 16.0 Å². The van der Waals surface area contributed by atoms with Crippen LogP contribution in [0.2, 0.25) is 0 Å². The second kappa shape index (κ2) is 4.45. The monoisotopic (exact) mass is 281 g/mol. The topological polar surface area (TPSA) is 12.9 Å². The number of rotatable bonds is 2. The van der Waals surface area contributed by atoms with Crippen LogP contribution in [0, 0.1) is 6.92 Å². The van der Waals surface area contributed by atoms with Gasteiger partial charge < -0.3 is 0 Å². The number of hydrogen-bond donors (Lipinski definition) is 0. The molecule has 0 aliphatic rings. The van der Waals surface area contributed by atoms with Gasteiger partial charge in [0.2, 0.25) is 0 Å². The number of halogens is 1. The van der Waals surface area contributed by atoms with E-state index in [9.17, 15) is 0 Å². The zero-order valence-corrected chi connectivity index (χ0v) is 11.2. The molecule has 0 atom stereocenters. The van der Waals surface area contributed by atoms with E-state index in [-0.39, 0.29) is 0 Å². The number of thiazole rings is 1. The molecule has 0 bridgehead atoms. The van der Waals surface area contributed by atoms with Crippen molar-refractivity contribution < 1.29 is 0 Å². The van der Waals surface area contributed by atoms with E-state index >= 15 is 0 Å². The highest BCUT2D eigenvalue weighted by Crippen LogP contribution is 2.30. The SMILES string of the molecule is CCc1ccc(-c2nc(Br)sc2C)cc1. The summed E-state index contributed by atoms with van der Waals surface area (Å²) < 4.78 is 0.953. The van der Waals surface area contributed by atoms with E-state index < -0.39 is 0 Å². The molecular formula is C12H12BrNS. The fourth-order valence-corrected chi connectivity index (χ4v) is 3.09. The minimum atomic E-state index is 0.953. The first kappa shape index (κ1) is 10.8. The summed E-state index contributed by atoms with van der Waals surface area (Å²) in [7, 11) is 0. The number of nitrogens with zero attached hydrogens (tertiary/aromatic N) is 1. The Labute approximate surface area is 102 Å². The predicted molar refractivity (Wildman–Crippen MR) is 69.4 cm³/mol. The maximum Gasteiger partial charge on any atom is 0.160 e. The molecule has 3 heteroatoms. The van der Waals surface area contributed by atoms with Gasteiger partial charge in [0.15, 0.2) is 3.92 Å². The highest BCUT2D eigenvalue weighted by atomic mass is 79.9. The van der Waals surface area contributed by atoms with Crippen LogP contribution < -0.4 is 0 Å². The van der Waals surface area contributed by atoms with Crippen molar-refractivity contribution in [1.29, 1.82) is 0 Å². The van der Waals surface area contributed by atoms with Crippen LogP contribution in [0.15, 0.2) is 28.2 Å². The van der Waals surface area contributed by atoms with Gasteiger partial charge in [0.25, 0.3) is 0 Å². The van der Waals surface area contributed by atoms with Gasteiger partial charge in [-0.05, 0) is 34.8 Å². The molecule has 0 unspecified atom stereocenters. The molecule has 0 fully saturated rings. The van der Waals surface area contributed by atoms with Crippen LogP contribution in [-0.4, -0.2) is 4.98 Å². The summed E-state index contributed by atoms with van der Waals surface area (Å²) in [6, 6.07) is 8.63. The van der Waals surface area contributed by atoms with Crippen molar-refractivity contribution in [2.45, 2.75) is 20.3 Å². The summed E-state index contributed by atoms with van der Waals surface area (Å²) in [6.07, 6.45) is 1.08. The third-order valence-corrected chi connectivity index (χ3v) is 3.83. The van der Waals surface area contributed by atoms with E-state index in [1.54, 1.807) is 11.3 Å². The second-order valence-electron chi connectivity index (χ2n) is 3.42. The lowest BCUT2D eigenvalue weighted by molar-refractivity contribution is 1.14. The Morgan fingerprint density at radius 1 is 1.27 bits per heavy atom. The molecule has 1 nitrogen and oxygen atoms in total. The minimum Gasteiger partial charge on any atom is -0.229 e. The second-order valence-corrected chi connectivity index (χ2v) is 5.90. The van der Waals surface area contributed by atoms with Crippen LogP contribution in [0.5, 0.6) is 0 Å². The van der Waals surface area contributed by atoms with E-state index in [0.29, 0.717) is 0 Å². The molecule has 1 heterocycles. The molecule has 2 aromatic rings. The van der Waals surface area contributed by atoms with Crippen molar-refractivity contribution in [2.75, 3.05) is 0 Å². The van der Waals surface area contributed by atoms with Crippen LogP contribution in [-0.2, 0) is 6.42 Å². The Morgan fingerprint density at radius 3 is 2.40 bits per heavy atom. The van der Waals surface area contributed by atoms with Gasteiger partial charge in [-0.15, -0.1) is 11.3 Å². The quantitative estimate of drug-likeness (QED) is 0.793. The van der Waals surface area contributed by atoms with Crippen molar-refractivity contribution in [3.8, 4) is 11.3 Å². The van der Waals surface area contributed by atoms with Crippen molar-refractivity contribution in [1.82, 2.24) is 4.98 Å². The highest BCUT2D eigenvalue weighted by molar-refractivity contribution is 9.11. The molecular weight excluding hydrogens is 270 g/mol. The van der Waals surface area contributed by atoms with Crippen LogP contribution >= 0.6 is 27.3 Å². The van der Waals surface area contributed by atoms with Gasteiger partial charge >= 0.3 is 0 Å². The number of aromatic nitrogens is 1. The summed E-state index contributed by atoms with van der Waals surface area (Å²) in [6.45, 7) is 4.27. The number of aryl methyl sites for hydroxylation is 2. The maximum absolute atomic E-state index is 4.47. The van der Waals surface area contributed by atoms with Crippen LogP contribution in [0.25, 0.3) is 11.3 Å². The Bertz CT molecular complexity index is 459. The Morgan fingerprint density at radius 2 is 1.93 bits per heavy atom. The average molecular weight is 282 g/mol. The first-order valence-corrected chi connectivity index (χ1v) is 6.54. The number of benzene rings is 1. The average Bonchev–Trinajstić information content (AvgIpc) is 2.58. The van der Waals surface area contributed by atoms with E-state index in [0.717, 1.165) is 16.0 Å². The molecule has 15 heavy (non-hydrogen) atoms. The maximum atomic E-state index is 4.47. The molecule has 0 radical (unpaired) electrons. The van der Waals surface area contributed by atoms with Gasteiger partial charge in [-0.25, -0.2) is 4.98 Å². The minimum absolute atomic E-state index is 0.953. The molecule has 0 amide bonds. The molecule has 0 aliphatic carbocycles. The van der Waals surface area contributed by atoms with Crippen LogP contribution in [0.3, 0.4) is 0 Å². The van der Waals surface area contributed by atoms with Crippen molar-refractivity contribution in [3.63, 3.8) is 0 Å². The lowest BCUT2D eigenvalue weighted by Crippen LogP contribution is -1.83. The zero-order valence-electron chi connectivity index (χ0n) is 8.75. The van der Waals surface area contributed by atoms with E-state index in [2.05, 4.69) is 59.0 Å².